The smallest absolute Gasteiger partial charge is 0.227 e. The van der Waals surface area contributed by atoms with Crippen LogP contribution in [0.3, 0.4) is 0 Å². The minimum Gasteiger partial charge on any atom is -0.490 e. The molecular formula is C12H11Cl2NO2. The number of hydrogen-bond acceptors (Lipinski definition) is 3. The fourth-order valence-electron chi connectivity index (χ4n) is 1.57. The van der Waals surface area contributed by atoms with E-state index in [-0.39, 0.29) is 21.5 Å². The summed E-state index contributed by atoms with van der Waals surface area (Å²) in [5.41, 5.74) is 6.28. The first-order valence-corrected chi connectivity index (χ1v) is 5.97. The van der Waals surface area contributed by atoms with E-state index in [4.69, 9.17) is 33.7 Å². The zero-order valence-corrected chi connectivity index (χ0v) is 10.5. The van der Waals surface area contributed by atoms with E-state index in [1.807, 2.05) is 0 Å². The Kier molecular flexibility index (Phi) is 3.60. The van der Waals surface area contributed by atoms with Crippen molar-refractivity contribution in [2.45, 2.75) is 12.8 Å². The number of benzene rings is 1. The number of anilines is 1. The van der Waals surface area contributed by atoms with E-state index in [0.29, 0.717) is 17.9 Å². The summed E-state index contributed by atoms with van der Waals surface area (Å²) in [7, 11) is 0. The van der Waals surface area contributed by atoms with E-state index in [0.717, 1.165) is 12.8 Å². The SMILES string of the molecule is Nc1c(Cl)cc(C(=O)C2=CCCCO2)cc1Cl. The first kappa shape index (κ1) is 12.3. The Labute approximate surface area is 109 Å². The highest BCUT2D eigenvalue weighted by Gasteiger charge is 2.18. The lowest BCUT2D eigenvalue weighted by atomic mass is 10.1. The molecular weight excluding hydrogens is 261 g/mol. The van der Waals surface area contributed by atoms with Crippen molar-refractivity contribution in [3.05, 3.63) is 39.6 Å². The number of rotatable bonds is 2. The van der Waals surface area contributed by atoms with E-state index < -0.39 is 0 Å². The summed E-state index contributed by atoms with van der Waals surface area (Å²) >= 11 is 11.8. The van der Waals surface area contributed by atoms with Gasteiger partial charge in [-0.3, -0.25) is 4.79 Å². The zero-order chi connectivity index (χ0) is 12.4. The van der Waals surface area contributed by atoms with Gasteiger partial charge in [0.1, 0.15) is 0 Å². The lowest BCUT2D eigenvalue weighted by molar-refractivity contribution is 0.0899. The number of nitrogens with two attached hydrogens (primary N) is 1. The van der Waals surface area contributed by atoms with Crippen molar-refractivity contribution >= 4 is 34.7 Å². The topological polar surface area (TPSA) is 52.3 Å². The van der Waals surface area contributed by atoms with Crippen LogP contribution in [0.2, 0.25) is 10.0 Å². The molecule has 17 heavy (non-hydrogen) atoms. The van der Waals surface area contributed by atoms with Gasteiger partial charge < -0.3 is 10.5 Å². The van der Waals surface area contributed by atoms with Gasteiger partial charge in [0.05, 0.1) is 22.3 Å². The summed E-state index contributed by atoms with van der Waals surface area (Å²) in [5.74, 6) is 0.140. The number of Topliss-reactive ketones (excluding diaryl/α,β-unsaturated/α-hetero) is 1. The van der Waals surface area contributed by atoms with Crippen LogP contribution in [0, 0.1) is 0 Å². The third-order valence-electron chi connectivity index (χ3n) is 2.50. The fourth-order valence-corrected chi connectivity index (χ4v) is 2.06. The lowest BCUT2D eigenvalue weighted by Gasteiger charge is -2.14. The van der Waals surface area contributed by atoms with Gasteiger partial charge in [0.25, 0.3) is 0 Å². The van der Waals surface area contributed by atoms with Gasteiger partial charge in [-0.05, 0) is 31.1 Å². The van der Waals surface area contributed by atoms with E-state index in [2.05, 4.69) is 0 Å². The van der Waals surface area contributed by atoms with Gasteiger partial charge in [0.15, 0.2) is 5.76 Å². The van der Waals surface area contributed by atoms with Crippen LogP contribution in [-0.4, -0.2) is 12.4 Å². The van der Waals surface area contributed by atoms with E-state index in [9.17, 15) is 4.79 Å². The Hall–Kier alpha value is -1.19. The molecule has 0 fully saturated rings. The molecule has 0 atom stereocenters. The third-order valence-corrected chi connectivity index (χ3v) is 3.13. The molecule has 1 heterocycles. The number of carbonyl (C=O) groups is 1. The highest BCUT2D eigenvalue weighted by atomic mass is 35.5. The largest absolute Gasteiger partial charge is 0.490 e. The van der Waals surface area contributed by atoms with Crippen LogP contribution in [0.25, 0.3) is 0 Å². The molecule has 0 saturated carbocycles. The Morgan fingerprint density at radius 3 is 2.47 bits per heavy atom. The monoisotopic (exact) mass is 271 g/mol. The molecule has 90 valence electrons. The predicted octanol–water partition coefficient (Wildman–Crippen LogP) is 3.45. The fraction of sp³-hybridized carbons (Fsp3) is 0.250. The first-order valence-electron chi connectivity index (χ1n) is 5.22. The van der Waals surface area contributed by atoms with Crippen molar-refractivity contribution in [2.75, 3.05) is 12.3 Å². The molecule has 0 spiro atoms. The Morgan fingerprint density at radius 2 is 1.94 bits per heavy atom. The van der Waals surface area contributed by atoms with Gasteiger partial charge in [-0.2, -0.15) is 0 Å². The zero-order valence-electron chi connectivity index (χ0n) is 9.00. The summed E-state index contributed by atoms with van der Waals surface area (Å²) < 4.78 is 5.30. The molecule has 0 radical (unpaired) electrons. The molecule has 3 nitrogen and oxygen atoms in total. The summed E-state index contributed by atoms with van der Waals surface area (Å²) in [5, 5.41) is 0.550. The van der Waals surface area contributed by atoms with Crippen molar-refractivity contribution < 1.29 is 9.53 Å². The number of halogens is 2. The van der Waals surface area contributed by atoms with Crippen LogP contribution < -0.4 is 5.73 Å². The Morgan fingerprint density at radius 1 is 1.29 bits per heavy atom. The van der Waals surface area contributed by atoms with Crippen molar-refractivity contribution in [1.82, 2.24) is 0 Å². The Bertz CT molecular complexity index is 474. The molecule has 0 aliphatic carbocycles. The molecule has 2 rings (SSSR count). The van der Waals surface area contributed by atoms with Crippen molar-refractivity contribution in [1.29, 1.82) is 0 Å². The molecule has 1 aliphatic rings. The molecule has 1 aliphatic heterocycles. The second-order valence-electron chi connectivity index (χ2n) is 3.74. The number of nitrogen functional groups attached to an aromatic ring is 1. The summed E-state index contributed by atoms with van der Waals surface area (Å²) in [6.07, 6.45) is 3.56. The predicted molar refractivity (Wildman–Crippen MR) is 68.5 cm³/mol. The second kappa shape index (κ2) is 4.98. The maximum Gasteiger partial charge on any atom is 0.227 e. The quantitative estimate of drug-likeness (QED) is 0.662. The normalized spacial score (nSPS) is 15.1. The first-order chi connectivity index (χ1) is 8.09. The van der Waals surface area contributed by atoms with Crippen LogP contribution in [-0.2, 0) is 4.74 Å². The maximum absolute atomic E-state index is 12.1. The molecule has 0 amide bonds. The van der Waals surface area contributed by atoms with Crippen LogP contribution >= 0.6 is 23.2 Å². The summed E-state index contributed by atoms with van der Waals surface area (Å²) in [6.45, 7) is 0.564. The van der Waals surface area contributed by atoms with Gasteiger partial charge in [-0.1, -0.05) is 23.2 Å². The molecule has 0 bridgehead atoms. The van der Waals surface area contributed by atoms with Crippen LogP contribution in [0.5, 0.6) is 0 Å². The number of carbonyl (C=O) groups excluding carboxylic acids is 1. The number of ether oxygens (including phenoxy) is 1. The summed E-state index contributed by atoms with van der Waals surface area (Å²) in [6, 6.07) is 3.01. The highest BCUT2D eigenvalue weighted by molar-refractivity contribution is 6.39. The van der Waals surface area contributed by atoms with Gasteiger partial charge in [-0.15, -0.1) is 0 Å². The van der Waals surface area contributed by atoms with Crippen LogP contribution in [0.4, 0.5) is 5.69 Å². The van der Waals surface area contributed by atoms with Crippen molar-refractivity contribution in [3.8, 4) is 0 Å². The number of hydrogen-bond donors (Lipinski definition) is 1. The average Bonchev–Trinajstić information content (AvgIpc) is 2.35. The van der Waals surface area contributed by atoms with Crippen LogP contribution in [0.15, 0.2) is 24.0 Å². The van der Waals surface area contributed by atoms with E-state index in [1.165, 1.54) is 12.1 Å². The van der Waals surface area contributed by atoms with Crippen molar-refractivity contribution in [3.63, 3.8) is 0 Å². The third kappa shape index (κ3) is 2.56. The number of ketones is 1. The Balaban J connectivity index is 2.34. The standard InChI is InChI=1S/C12H11Cl2NO2/c13-8-5-7(6-9(14)11(8)15)12(16)10-3-1-2-4-17-10/h3,5-6H,1-2,4,15H2. The average molecular weight is 272 g/mol. The lowest BCUT2D eigenvalue weighted by Crippen LogP contribution is -2.11. The van der Waals surface area contributed by atoms with E-state index >= 15 is 0 Å². The molecule has 1 aromatic rings. The minimum atomic E-state index is -0.214. The molecule has 0 aromatic heterocycles. The van der Waals surface area contributed by atoms with Gasteiger partial charge in [0.2, 0.25) is 5.78 Å². The van der Waals surface area contributed by atoms with E-state index in [1.54, 1.807) is 6.08 Å². The van der Waals surface area contributed by atoms with Gasteiger partial charge >= 0.3 is 0 Å². The molecule has 5 heteroatoms. The molecule has 2 N–H and O–H groups in total. The van der Waals surface area contributed by atoms with Gasteiger partial charge in [-0.25, -0.2) is 0 Å². The number of allylic oxidation sites excluding steroid dienone is 2. The second-order valence-corrected chi connectivity index (χ2v) is 4.56. The maximum atomic E-state index is 12.1. The molecule has 0 saturated heterocycles. The highest BCUT2D eigenvalue weighted by Crippen LogP contribution is 2.30. The summed E-state index contributed by atoms with van der Waals surface area (Å²) in [4.78, 5) is 12.1. The minimum absolute atomic E-state index is 0.214. The van der Waals surface area contributed by atoms with Crippen molar-refractivity contribution in [2.24, 2.45) is 0 Å². The van der Waals surface area contributed by atoms with Crippen LogP contribution in [0.1, 0.15) is 23.2 Å². The molecule has 0 unspecified atom stereocenters. The molecule has 1 aromatic carbocycles. The van der Waals surface area contributed by atoms with Gasteiger partial charge in [0, 0.05) is 5.56 Å².